The Kier molecular flexibility index (Phi) is 3.82. The van der Waals surface area contributed by atoms with Crippen molar-refractivity contribution in [2.24, 2.45) is 7.05 Å². The summed E-state index contributed by atoms with van der Waals surface area (Å²) in [7, 11) is -2.29. The third-order valence-electron chi connectivity index (χ3n) is 3.98. The Balaban J connectivity index is 2.17. The van der Waals surface area contributed by atoms with Crippen LogP contribution in [0.15, 0.2) is 26.7 Å². The fourth-order valence-corrected chi connectivity index (χ4v) is 4.28. The lowest BCUT2D eigenvalue weighted by atomic mass is 10.3. The first kappa shape index (κ1) is 15.8. The second-order valence-electron chi connectivity index (χ2n) is 5.53. The summed E-state index contributed by atoms with van der Waals surface area (Å²) in [5.74, 6) is 0. The minimum absolute atomic E-state index is 0.0529. The smallest absolute Gasteiger partial charge is 0.314 e. The van der Waals surface area contributed by atoms with Gasteiger partial charge in [-0.2, -0.15) is 4.31 Å². The Bertz CT molecular complexity index is 978. The minimum Gasteiger partial charge on any atom is -0.314 e. The number of rotatable bonds is 2. The van der Waals surface area contributed by atoms with Gasteiger partial charge in [0.15, 0.2) is 0 Å². The highest BCUT2D eigenvalue weighted by molar-refractivity contribution is 7.89. The first-order valence-electron chi connectivity index (χ1n) is 7.14. The van der Waals surface area contributed by atoms with Crippen LogP contribution in [0, 0.1) is 0 Å². The third-order valence-corrected chi connectivity index (χ3v) is 5.95. The van der Waals surface area contributed by atoms with Gasteiger partial charge < -0.3 is 5.32 Å². The molecule has 9 nitrogen and oxygen atoms in total. The molecule has 1 fully saturated rings. The Morgan fingerprint density at radius 1 is 1.35 bits per heavy atom. The second-order valence-corrected chi connectivity index (χ2v) is 7.42. The topological polar surface area (TPSA) is 117 Å². The van der Waals surface area contributed by atoms with Gasteiger partial charge >= 0.3 is 5.69 Å². The SMILES string of the molecule is CC1CNCCN1S(=O)(=O)c1cnc2c(c1)c(=O)[nH]c(=O)n2C. The van der Waals surface area contributed by atoms with E-state index in [1.165, 1.54) is 28.2 Å². The molecule has 2 aromatic rings. The van der Waals surface area contributed by atoms with Crippen molar-refractivity contribution in [2.45, 2.75) is 17.9 Å². The van der Waals surface area contributed by atoms with Crippen LogP contribution >= 0.6 is 0 Å². The number of sulfonamides is 1. The summed E-state index contributed by atoms with van der Waals surface area (Å²) >= 11 is 0. The maximum absolute atomic E-state index is 12.8. The Morgan fingerprint density at radius 3 is 2.78 bits per heavy atom. The largest absolute Gasteiger partial charge is 0.329 e. The molecular formula is C13H17N5O4S. The molecule has 2 aromatic heterocycles. The Labute approximate surface area is 132 Å². The molecule has 0 radical (unpaired) electrons. The van der Waals surface area contributed by atoms with E-state index >= 15 is 0 Å². The van der Waals surface area contributed by atoms with Gasteiger partial charge in [0.25, 0.3) is 5.56 Å². The average molecular weight is 339 g/mol. The predicted octanol–water partition coefficient (Wildman–Crippen LogP) is -1.40. The van der Waals surface area contributed by atoms with Crippen molar-refractivity contribution in [3.05, 3.63) is 33.1 Å². The van der Waals surface area contributed by atoms with E-state index in [1.807, 2.05) is 6.92 Å². The number of nitrogens with zero attached hydrogens (tertiary/aromatic N) is 3. The van der Waals surface area contributed by atoms with Crippen molar-refractivity contribution in [1.29, 1.82) is 0 Å². The molecule has 1 aliphatic rings. The summed E-state index contributed by atoms with van der Waals surface area (Å²) in [5, 5.41) is 3.19. The summed E-state index contributed by atoms with van der Waals surface area (Å²) in [4.78, 5) is 29.6. The standard InChI is InChI=1S/C13H17N5O4S/c1-8-6-14-3-4-18(8)23(21,22)9-5-10-11(15-7-9)17(2)13(20)16-12(10)19/h5,7-8,14H,3-4,6H2,1-2H3,(H,16,19,20). The number of pyridine rings is 1. The van der Waals surface area contributed by atoms with Crippen molar-refractivity contribution in [1.82, 2.24) is 24.2 Å². The third kappa shape index (κ3) is 2.58. The first-order valence-corrected chi connectivity index (χ1v) is 8.58. The molecule has 0 spiro atoms. The van der Waals surface area contributed by atoms with Gasteiger partial charge in [0.1, 0.15) is 10.5 Å². The zero-order chi connectivity index (χ0) is 16.8. The van der Waals surface area contributed by atoms with Gasteiger partial charge in [-0.15, -0.1) is 0 Å². The number of hydrogen-bond acceptors (Lipinski definition) is 6. The highest BCUT2D eigenvalue weighted by atomic mass is 32.2. The monoisotopic (exact) mass is 339 g/mol. The van der Waals surface area contributed by atoms with E-state index in [4.69, 9.17) is 0 Å². The maximum Gasteiger partial charge on any atom is 0.329 e. The number of aromatic amines is 1. The molecule has 3 rings (SSSR count). The molecule has 1 saturated heterocycles. The molecular weight excluding hydrogens is 322 g/mol. The van der Waals surface area contributed by atoms with Crippen LogP contribution in [-0.4, -0.2) is 52.9 Å². The highest BCUT2D eigenvalue weighted by Crippen LogP contribution is 2.20. The average Bonchev–Trinajstić information content (AvgIpc) is 2.52. The van der Waals surface area contributed by atoms with E-state index in [2.05, 4.69) is 15.3 Å². The van der Waals surface area contributed by atoms with E-state index < -0.39 is 21.3 Å². The summed E-state index contributed by atoms with van der Waals surface area (Å²) < 4.78 is 28.1. The number of nitrogens with one attached hydrogen (secondary N) is 2. The van der Waals surface area contributed by atoms with E-state index in [1.54, 1.807) is 0 Å². The van der Waals surface area contributed by atoms with Gasteiger partial charge in [-0.1, -0.05) is 0 Å². The fourth-order valence-electron chi connectivity index (χ4n) is 2.67. The van der Waals surface area contributed by atoms with Crippen molar-refractivity contribution < 1.29 is 8.42 Å². The summed E-state index contributed by atoms with van der Waals surface area (Å²) in [6, 6.07) is 1.08. The van der Waals surface area contributed by atoms with Crippen LogP contribution in [0.4, 0.5) is 0 Å². The molecule has 23 heavy (non-hydrogen) atoms. The molecule has 1 atom stereocenters. The molecule has 2 N–H and O–H groups in total. The van der Waals surface area contributed by atoms with E-state index in [-0.39, 0.29) is 22.0 Å². The van der Waals surface area contributed by atoms with Crippen LogP contribution in [-0.2, 0) is 17.1 Å². The normalized spacial score (nSPS) is 20.0. The molecule has 0 bridgehead atoms. The van der Waals surface area contributed by atoms with Gasteiger partial charge in [-0.05, 0) is 13.0 Å². The molecule has 124 valence electrons. The first-order chi connectivity index (χ1) is 10.8. The quantitative estimate of drug-likeness (QED) is 0.695. The van der Waals surface area contributed by atoms with Crippen LogP contribution in [0.1, 0.15) is 6.92 Å². The zero-order valence-electron chi connectivity index (χ0n) is 12.7. The van der Waals surface area contributed by atoms with Crippen molar-refractivity contribution in [3.8, 4) is 0 Å². The van der Waals surface area contributed by atoms with Crippen molar-refractivity contribution in [3.63, 3.8) is 0 Å². The molecule has 0 aliphatic carbocycles. The lowest BCUT2D eigenvalue weighted by molar-refractivity contribution is 0.284. The van der Waals surface area contributed by atoms with E-state index in [9.17, 15) is 18.0 Å². The second kappa shape index (κ2) is 5.55. The minimum atomic E-state index is -3.75. The van der Waals surface area contributed by atoms with Gasteiger partial charge in [0.2, 0.25) is 10.0 Å². The van der Waals surface area contributed by atoms with E-state index in [0.29, 0.717) is 19.6 Å². The summed E-state index contributed by atoms with van der Waals surface area (Å²) in [5.41, 5.74) is -1.10. The number of H-pyrrole nitrogens is 1. The number of fused-ring (bicyclic) bond motifs is 1. The van der Waals surface area contributed by atoms with Crippen molar-refractivity contribution >= 4 is 21.1 Å². The lowest BCUT2D eigenvalue weighted by Crippen LogP contribution is -2.52. The highest BCUT2D eigenvalue weighted by Gasteiger charge is 2.31. The predicted molar refractivity (Wildman–Crippen MR) is 83.8 cm³/mol. The summed E-state index contributed by atoms with van der Waals surface area (Å²) in [6.45, 7) is 3.30. The van der Waals surface area contributed by atoms with Crippen LogP contribution in [0.5, 0.6) is 0 Å². The van der Waals surface area contributed by atoms with Gasteiger partial charge in [-0.25, -0.2) is 18.2 Å². The van der Waals surface area contributed by atoms with Crippen LogP contribution in [0.2, 0.25) is 0 Å². The van der Waals surface area contributed by atoms with E-state index in [0.717, 1.165) is 0 Å². The van der Waals surface area contributed by atoms with Crippen molar-refractivity contribution in [2.75, 3.05) is 19.6 Å². The fraction of sp³-hybridized carbons (Fsp3) is 0.462. The molecule has 0 aromatic carbocycles. The number of aryl methyl sites for hydroxylation is 1. The zero-order valence-corrected chi connectivity index (χ0v) is 13.6. The van der Waals surface area contributed by atoms with Gasteiger partial charge in [0.05, 0.1) is 5.39 Å². The number of piperazine rings is 1. The Morgan fingerprint density at radius 2 is 2.09 bits per heavy atom. The number of hydrogen-bond donors (Lipinski definition) is 2. The molecule has 1 aliphatic heterocycles. The molecule has 0 saturated carbocycles. The van der Waals surface area contributed by atoms with Crippen LogP contribution < -0.4 is 16.6 Å². The Hall–Kier alpha value is -2.04. The molecule has 0 amide bonds. The lowest BCUT2D eigenvalue weighted by Gasteiger charge is -2.32. The van der Waals surface area contributed by atoms with Crippen LogP contribution in [0.25, 0.3) is 11.0 Å². The van der Waals surface area contributed by atoms with Gasteiger partial charge in [-0.3, -0.25) is 14.3 Å². The summed E-state index contributed by atoms with van der Waals surface area (Å²) in [6.07, 6.45) is 1.19. The molecule has 10 heteroatoms. The van der Waals surface area contributed by atoms with Gasteiger partial charge in [0, 0.05) is 38.9 Å². The van der Waals surface area contributed by atoms with Crippen LogP contribution in [0.3, 0.4) is 0 Å². The molecule has 3 heterocycles. The maximum atomic E-state index is 12.8. The molecule has 1 unspecified atom stereocenters. The number of aromatic nitrogens is 3.